The van der Waals surface area contributed by atoms with Crippen molar-refractivity contribution in [2.75, 3.05) is 32.6 Å². The Balaban J connectivity index is 1.41. The van der Waals surface area contributed by atoms with E-state index in [4.69, 9.17) is 14.2 Å². The summed E-state index contributed by atoms with van der Waals surface area (Å²) in [5.74, 6) is 2.03. The lowest BCUT2D eigenvalue weighted by atomic mass is 9.88. The zero-order valence-corrected chi connectivity index (χ0v) is 16.3. The molecule has 2 amide bonds. The van der Waals surface area contributed by atoms with Gasteiger partial charge in [0.25, 0.3) is 0 Å². The first-order valence-electron chi connectivity index (χ1n) is 9.35. The van der Waals surface area contributed by atoms with Gasteiger partial charge in [-0.15, -0.1) is 0 Å². The number of nitrogens with zero attached hydrogens (tertiary/aromatic N) is 3. The summed E-state index contributed by atoms with van der Waals surface area (Å²) in [5.41, 5.74) is 2.11. The molecule has 148 valence electrons. The third-order valence-corrected chi connectivity index (χ3v) is 5.18. The highest BCUT2D eigenvalue weighted by molar-refractivity contribution is 5.90. The van der Waals surface area contributed by atoms with Crippen molar-refractivity contribution in [1.29, 1.82) is 0 Å². The van der Waals surface area contributed by atoms with Crippen molar-refractivity contribution in [2.24, 2.45) is 0 Å². The normalized spacial score (nSPS) is 16.5. The third kappa shape index (κ3) is 3.13. The van der Waals surface area contributed by atoms with Crippen molar-refractivity contribution in [3.8, 4) is 11.5 Å². The molecule has 2 aromatic rings. The van der Waals surface area contributed by atoms with E-state index >= 15 is 0 Å². The van der Waals surface area contributed by atoms with E-state index in [0.29, 0.717) is 36.9 Å². The second kappa shape index (κ2) is 7.27. The molecule has 0 radical (unpaired) electrons. The van der Waals surface area contributed by atoms with Gasteiger partial charge in [-0.2, -0.15) is 0 Å². The Morgan fingerprint density at radius 2 is 2.07 bits per heavy atom. The quantitative estimate of drug-likeness (QED) is 0.853. The van der Waals surface area contributed by atoms with Crippen LogP contribution in [-0.2, 0) is 23.4 Å². The van der Waals surface area contributed by atoms with E-state index in [2.05, 4.69) is 22.2 Å². The molecule has 3 heterocycles. The first kappa shape index (κ1) is 18.5. The summed E-state index contributed by atoms with van der Waals surface area (Å²) in [6.07, 6.45) is 3.74. The number of carbonyl (C=O) groups is 1. The van der Waals surface area contributed by atoms with Crippen LogP contribution in [0.1, 0.15) is 30.4 Å². The predicted molar refractivity (Wildman–Crippen MR) is 103 cm³/mol. The number of anilines is 1. The van der Waals surface area contributed by atoms with Crippen molar-refractivity contribution in [1.82, 2.24) is 14.9 Å². The van der Waals surface area contributed by atoms with Gasteiger partial charge in [-0.25, -0.2) is 14.8 Å². The maximum atomic E-state index is 12.6. The first-order chi connectivity index (χ1) is 13.6. The number of amides is 2. The Labute approximate surface area is 163 Å². The molecular formula is C20H24N4O4. The monoisotopic (exact) mass is 384 g/mol. The molecule has 4 rings (SSSR count). The fourth-order valence-electron chi connectivity index (χ4n) is 3.67. The molecule has 1 spiro atoms. The van der Waals surface area contributed by atoms with Crippen LogP contribution in [0.2, 0.25) is 0 Å². The molecule has 8 heteroatoms. The minimum absolute atomic E-state index is 0.182. The summed E-state index contributed by atoms with van der Waals surface area (Å²) in [6.45, 7) is 3.54. The van der Waals surface area contributed by atoms with E-state index in [9.17, 15) is 4.79 Å². The van der Waals surface area contributed by atoms with Gasteiger partial charge < -0.3 is 24.4 Å². The molecule has 0 unspecified atom stereocenters. The molecular weight excluding hydrogens is 360 g/mol. The lowest BCUT2D eigenvalue weighted by molar-refractivity contribution is -0.122. The number of aromatic nitrogens is 2. The highest BCUT2D eigenvalue weighted by Crippen LogP contribution is 2.42. The number of urea groups is 1. The van der Waals surface area contributed by atoms with Crippen LogP contribution in [-0.4, -0.2) is 48.2 Å². The van der Waals surface area contributed by atoms with Gasteiger partial charge in [0.15, 0.2) is 11.5 Å². The van der Waals surface area contributed by atoms with Crippen LogP contribution in [0.25, 0.3) is 0 Å². The van der Waals surface area contributed by atoms with E-state index in [1.54, 1.807) is 37.3 Å². The fourth-order valence-corrected chi connectivity index (χ4v) is 3.67. The van der Waals surface area contributed by atoms with Gasteiger partial charge in [0.2, 0.25) is 0 Å². The second-order valence-corrected chi connectivity index (χ2v) is 7.04. The van der Waals surface area contributed by atoms with Crippen LogP contribution < -0.4 is 14.8 Å². The summed E-state index contributed by atoms with van der Waals surface area (Å²) in [4.78, 5) is 23.4. The molecule has 0 saturated carbocycles. The molecule has 0 bridgehead atoms. The third-order valence-electron chi connectivity index (χ3n) is 5.18. The highest BCUT2D eigenvalue weighted by Gasteiger charge is 2.52. The number of rotatable bonds is 5. The average Bonchev–Trinajstić information content (AvgIpc) is 3.06. The number of hydrogen-bond donors (Lipinski definition) is 1. The topological polar surface area (TPSA) is 85.8 Å². The van der Waals surface area contributed by atoms with Crippen molar-refractivity contribution in [3.63, 3.8) is 0 Å². The average molecular weight is 384 g/mol. The van der Waals surface area contributed by atoms with Crippen LogP contribution in [0.15, 0.2) is 24.4 Å². The van der Waals surface area contributed by atoms with Crippen LogP contribution >= 0.6 is 0 Å². The van der Waals surface area contributed by atoms with E-state index in [1.807, 2.05) is 6.20 Å². The molecule has 1 N–H and O–H groups in total. The minimum Gasteiger partial charge on any atom is -0.493 e. The van der Waals surface area contributed by atoms with Gasteiger partial charge in [-0.3, -0.25) is 0 Å². The predicted octanol–water partition coefficient (Wildman–Crippen LogP) is 2.72. The number of likely N-dealkylation sites (tertiary alicyclic amines) is 1. The van der Waals surface area contributed by atoms with Crippen molar-refractivity contribution >= 4 is 11.7 Å². The minimum atomic E-state index is -0.477. The van der Waals surface area contributed by atoms with Gasteiger partial charge in [-0.1, -0.05) is 6.92 Å². The number of ether oxygens (including phenoxy) is 3. The molecule has 1 saturated heterocycles. The number of methoxy groups -OCH3 is 2. The van der Waals surface area contributed by atoms with Crippen LogP contribution in [0.4, 0.5) is 10.5 Å². The lowest BCUT2D eigenvalue weighted by Gasteiger charge is -2.46. The highest BCUT2D eigenvalue weighted by atomic mass is 16.5. The van der Waals surface area contributed by atoms with E-state index in [0.717, 1.165) is 29.9 Å². The second-order valence-electron chi connectivity index (χ2n) is 7.04. The van der Waals surface area contributed by atoms with Gasteiger partial charge in [-0.05, 0) is 18.6 Å². The zero-order valence-electron chi connectivity index (χ0n) is 16.3. The van der Waals surface area contributed by atoms with Gasteiger partial charge >= 0.3 is 6.03 Å². The molecule has 8 nitrogen and oxygen atoms in total. The Kier molecular flexibility index (Phi) is 4.80. The fraction of sp³-hybridized carbons (Fsp3) is 0.450. The van der Waals surface area contributed by atoms with Crippen molar-refractivity contribution in [2.45, 2.75) is 32.0 Å². The first-order valence-corrected chi connectivity index (χ1v) is 9.35. The van der Waals surface area contributed by atoms with E-state index < -0.39 is 5.60 Å². The largest absolute Gasteiger partial charge is 0.493 e. The Morgan fingerprint density at radius 3 is 2.79 bits per heavy atom. The van der Waals surface area contributed by atoms with Crippen LogP contribution in [0, 0.1) is 0 Å². The lowest BCUT2D eigenvalue weighted by Crippen LogP contribution is -2.62. The van der Waals surface area contributed by atoms with Crippen LogP contribution in [0.3, 0.4) is 0 Å². The van der Waals surface area contributed by atoms with Gasteiger partial charge in [0.1, 0.15) is 11.4 Å². The van der Waals surface area contributed by atoms with Gasteiger partial charge in [0.05, 0.1) is 39.6 Å². The number of nitrogens with one attached hydrogen (secondary N) is 1. The zero-order chi connectivity index (χ0) is 19.7. The Hall–Kier alpha value is -2.87. The molecule has 1 aromatic heterocycles. The standard InChI is InChI=1S/C20H24N4O4/c1-4-5-18-21-9-14-15(23-18)10-28-20(14)11-24(12-20)19(25)22-13-6-7-16(26-2)17(8-13)27-3/h6-9H,4-5,10-12H2,1-3H3,(H,22,25). The van der Waals surface area contributed by atoms with E-state index in [-0.39, 0.29) is 6.03 Å². The summed E-state index contributed by atoms with van der Waals surface area (Å²) < 4.78 is 16.5. The summed E-state index contributed by atoms with van der Waals surface area (Å²) in [7, 11) is 3.13. The molecule has 2 aliphatic rings. The summed E-state index contributed by atoms with van der Waals surface area (Å²) in [5, 5.41) is 2.89. The Morgan fingerprint density at radius 1 is 1.29 bits per heavy atom. The molecule has 28 heavy (non-hydrogen) atoms. The molecule has 0 atom stereocenters. The Bertz CT molecular complexity index is 896. The van der Waals surface area contributed by atoms with Crippen LogP contribution in [0.5, 0.6) is 11.5 Å². The maximum absolute atomic E-state index is 12.6. The summed E-state index contributed by atoms with van der Waals surface area (Å²) in [6, 6.07) is 5.09. The number of aryl methyl sites for hydroxylation is 1. The number of carbonyl (C=O) groups excluding carboxylic acids is 1. The molecule has 0 aliphatic carbocycles. The van der Waals surface area contributed by atoms with Gasteiger partial charge in [0, 0.05) is 29.9 Å². The molecule has 1 aromatic carbocycles. The van der Waals surface area contributed by atoms with Crippen molar-refractivity contribution in [3.05, 3.63) is 41.5 Å². The number of fused-ring (bicyclic) bond motifs is 2. The maximum Gasteiger partial charge on any atom is 0.322 e. The number of hydrogen-bond acceptors (Lipinski definition) is 6. The molecule has 1 fully saturated rings. The number of benzene rings is 1. The van der Waals surface area contributed by atoms with E-state index in [1.165, 1.54) is 0 Å². The summed E-state index contributed by atoms with van der Waals surface area (Å²) >= 11 is 0. The smallest absolute Gasteiger partial charge is 0.322 e. The molecule has 2 aliphatic heterocycles. The van der Waals surface area contributed by atoms with Crippen molar-refractivity contribution < 1.29 is 19.0 Å². The SMILES string of the molecule is CCCc1ncc2c(n1)COC21CN(C(=O)Nc2ccc(OC)c(OC)c2)C1.